The molecule has 0 aromatic carbocycles. The molecular weight excluding hydrogens is 225 g/mol. The van der Waals surface area contributed by atoms with Gasteiger partial charge in [0.25, 0.3) is 0 Å². The zero-order valence-corrected chi connectivity index (χ0v) is 9.09. The van der Waals surface area contributed by atoms with Gasteiger partial charge in [0.05, 0.1) is 18.3 Å². The van der Waals surface area contributed by atoms with Crippen molar-refractivity contribution in [2.75, 3.05) is 5.32 Å². The zero-order chi connectivity index (χ0) is 11.4. The quantitative estimate of drug-likeness (QED) is 0.886. The van der Waals surface area contributed by atoms with E-state index in [0.717, 1.165) is 11.1 Å². The summed E-state index contributed by atoms with van der Waals surface area (Å²) in [5.41, 5.74) is 0.661. The Kier molecular flexibility index (Phi) is 3.13. The van der Waals surface area contributed by atoms with Crippen molar-refractivity contribution in [3.63, 3.8) is 0 Å². The van der Waals surface area contributed by atoms with Crippen molar-refractivity contribution >= 4 is 17.2 Å². The summed E-state index contributed by atoms with van der Waals surface area (Å²) < 4.78 is 12.6. The SMILES string of the molecule is N#Cc1csc(CNc2ccc(F)cn2)c1. The first-order chi connectivity index (χ1) is 7.78. The Bertz CT molecular complexity index is 513. The number of pyridine rings is 1. The maximum atomic E-state index is 12.6. The summed E-state index contributed by atoms with van der Waals surface area (Å²) in [5.74, 6) is 0.266. The van der Waals surface area contributed by atoms with Gasteiger partial charge >= 0.3 is 0 Å². The van der Waals surface area contributed by atoms with Crippen molar-refractivity contribution in [1.29, 1.82) is 5.26 Å². The molecule has 0 aliphatic carbocycles. The minimum absolute atomic E-state index is 0.353. The molecule has 0 atom stereocenters. The Morgan fingerprint density at radius 1 is 1.50 bits per heavy atom. The molecule has 0 amide bonds. The number of halogens is 1. The Balaban J connectivity index is 1.97. The molecular formula is C11H8FN3S. The van der Waals surface area contributed by atoms with Gasteiger partial charge < -0.3 is 5.32 Å². The molecule has 2 aromatic rings. The lowest BCUT2D eigenvalue weighted by atomic mass is 10.3. The van der Waals surface area contributed by atoms with Crippen molar-refractivity contribution in [2.24, 2.45) is 0 Å². The van der Waals surface area contributed by atoms with Gasteiger partial charge in [-0.25, -0.2) is 9.37 Å². The Morgan fingerprint density at radius 2 is 2.38 bits per heavy atom. The van der Waals surface area contributed by atoms with E-state index in [-0.39, 0.29) is 5.82 Å². The van der Waals surface area contributed by atoms with Gasteiger partial charge in [0.1, 0.15) is 17.7 Å². The predicted octanol–water partition coefficient (Wildman–Crippen LogP) is 2.77. The van der Waals surface area contributed by atoms with Gasteiger partial charge in [-0.05, 0) is 18.2 Å². The highest BCUT2D eigenvalue weighted by Crippen LogP contribution is 2.15. The van der Waals surface area contributed by atoms with Gasteiger partial charge in [-0.1, -0.05) is 0 Å². The van der Waals surface area contributed by atoms with Gasteiger partial charge in [-0.3, -0.25) is 0 Å². The molecule has 2 rings (SSSR count). The van der Waals surface area contributed by atoms with Crippen LogP contribution in [0.1, 0.15) is 10.4 Å². The van der Waals surface area contributed by atoms with Crippen molar-refractivity contribution in [2.45, 2.75) is 6.54 Å². The third kappa shape index (κ3) is 2.55. The van der Waals surface area contributed by atoms with E-state index in [4.69, 9.17) is 5.26 Å². The normalized spacial score (nSPS) is 9.75. The maximum Gasteiger partial charge on any atom is 0.141 e. The zero-order valence-electron chi connectivity index (χ0n) is 8.27. The van der Waals surface area contributed by atoms with E-state index in [1.54, 1.807) is 11.4 Å². The summed E-state index contributed by atoms with van der Waals surface area (Å²) in [7, 11) is 0. The molecule has 5 heteroatoms. The second-order valence-electron chi connectivity index (χ2n) is 3.13. The molecule has 0 saturated heterocycles. The molecule has 3 nitrogen and oxygen atoms in total. The van der Waals surface area contributed by atoms with Crippen LogP contribution in [-0.4, -0.2) is 4.98 Å². The minimum atomic E-state index is -0.353. The summed E-state index contributed by atoms with van der Waals surface area (Å²) in [6, 6.07) is 6.82. The first kappa shape index (κ1) is 10.6. The average molecular weight is 233 g/mol. The van der Waals surface area contributed by atoms with Gasteiger partial charge in [0.15, 0.2) is 0 Å². The van der Waals surface area contributed by atoms with Crippen LogP contribution in [0.5, 0.6) is 0 Å². The number of nitrogens with zero attached hydrogens (tertiary/aromatic N) is 2. The minimum Gasteiger partial charge on any atom is -0.365 e. The summed E-state index contributed by atoms with van der Waals surface area (Å²) >= 11 is 1.51. The molecule has 0 spiro atoms. The molecule has 0 fully saturated rings. The van der Waals surface area contributed by atoms with E-state index >= 15 is 0 Å². The second kappa shape index (κ2) is 4.73. The lowest BCUT2D eigenvalue weighted by Crippen LogP contribution is -1.99. The molecule has 1 N–H and O–H groups in total. The molecule has 0 aliphatic rings. The molecule has 0 aliphatic heterocycles. The first-order valence-corrected chi connectivity index (χ1v) is 5.49. The van der Waals surface area contributed by atoms with E-state index < -0.39 is 0 Å². The third-order valence-electron chi connectivity index (χ3n) is 1.95. The lowest BCUT2D eigenvalue weighted by Gasteiger charge is -2.02. The molecule has 2 heterocycles. The van der Waals surface area contributed by atoms with Crippen LogP contribution in [0.2, 0.25) is 0 Å². The number of rotatable bonds is 3. The van der Waals surface area contributed by atoms with Crippen LogP contribution in [-0.2, 0) is 6.54 Å². The van der Waals surface area contributed by atoms with E-state index in [9.17, 15) is 4.39 Å². The summed E-state index contributed by atoms with van der Waals surface area (Å²) in [5, 5.41) is 13.5. The van der Waals surface area contributed by atoms with Gasteiger partial charge in [0, 0.05) is 10.3 Å². The Hall–Kier alpha value is -1.93. The standard InChI is InChI=1S/C11H8FN3S/c12-9-1-2-11(14-5-9)15-6-10-3-8(4-13)7-16-10/h1-3,5,7H,6H2,(H,14,15). The molecule has 80 valence electrons. The highest BCUT2D eigenvalue weighted by Gasteiger charge is 1.99. The van der Waals surface area contributed by atoms with Crippen molar-refractivity contribution in [3.8, 4) is 6.07 Å². The second-order valence-corrected chi connectivity index (χ2v) is 4.12. The van der Waals surface area contributed by atoms with Gasteiger partial charge in [-0.2, -0.15) is 5.26 Å². The number of thiophene rings is 1. The molecule has 2 aromatic heterocycles. The predicted molar refractivity (Wildman–Crippen MR) is 60.6 cm³/mol. The van der Waals surface area contributed by atoms with Crippen LogP contribution < -0.4 is 5.32 Å². The van der Waals surface area contributed by atoms with E-state index in [1.807, 2.05) is 6.07 Å². The fourth-order valence-corrected chi connectivity index (χ4v) is 1.94. The van der Waals surface area contributed by atoms with Crippen LogP contribution in [0.4, 0.5) is 10.2 Å². The van der Waals surface area contributed by atoms with Crippen LogP contribution in [0.3, 0.4) is 0 Å². The third-order valence-corrected chi connectivity index (χ3v) is 2.89. The number of nitriles is 1. The van der Waals surface area contributed by atoms with E-state index in [1.165, 1.54) is 17.4 Å². The van der Waals surface area contributed by atoms with Gasteiger partial charge in [0.2, 0.25) is 0 Å². The highest BCUT2D eigenvalue weighted by molar-refractivity contribution is 7.10. The maximum absolute atomic E-state index is 12.6. The van der Waals surface area contributed by atoms with Gasteiger partial charge in [-0.15, -0.1) is 11.3 Å². The van der Waals surface area contributed by atoms with Crippen molar-refractivity contribution < 1.29 is 4.39 Å². The first-order valence-electron chi connectivity index (χ1n) is 4.61. The van der Waals surface area contributed by atoms with Crippen molar-refractivity contribution in [1.82, 2.24) is 4.98 Å². The van der Waals surface area contributed by atoms with Crippen LogP contribution >= 0.6 is 11.3 Å². The topological polar surface area (TPSA) is 48.7 Å². The van der Waals surface area contributed by atoms with Crippen LogP contribution in [0, 0.1) is 17.1 Å². The van der Waals surface area contributed by atoms with Crippen molar-refractivity contribution in [3.05, 3.63) is 46.0 Å². The number of nitrogens with one attached hydrogen (secondary N) is 1. The largest absolute Gasteiger partial charge is 0.365 e. The number of hydrogen-bond acceptors (Lipinski definition) is 4. The Labute approximate surface area is 96.2 Å². The fraction of sp³-hybridized carbons (Fsp3) is 0.0909. The molecule has 0 saturated carbocycles. The number of aromatic nitrogens is 1. The highest BCUT2D eigenvalue weighted by atomic mass is 32.1. The lowest BCUT2D eigenvalue weighted by molar-refractivity contribution is 0.621. The monoisotopic (exact) mass is 233 g/mol. The fourth-order valence-electron chi connectivity index (χ4n) is 1.19. The molecule has 0 bridgehead atoms. The van der Waals surface area contributed by atoms with E-state index in [2.05, 4.69) is 16.4 Å². The van der Waals surface area contributed by atoms with Crippen LogP contribution in [0.15, 0.2) is 29.8 Å². The molecule has 16 heavy (non-hydrogen) atoms. The summed E-state index contributed by atoms with van der Waals surface area (Å²) in [4.78, 5) is 4.92. The Morgan fingerprint density at radius 3 is 3.00 bits per heavy atom. The number of anilines is 1. The smallest absolute Gasteiger partial charge is 0.141 e. The van der Waals surface area contributed by atoms with Crippen LogP contribution in [0.25, 0.3) is 0 Å². The van der Waals surface area contributed by atoms with E-state index in [0.29, 0.717) is 17.9 Å². The summed E-state index contributed by atoms with van der Waals surface area (Å²) in [6.45, 7) is 0.588. The number of hydrogen-bond donors (Lipinski definition) is 1. The molecule has 0 unspecified atom stereocenters. The average Bonchev–Trinajstić information content (AvgIpc) is 2.76. The molecule has 0 radical (unpaired) electrons. The summed E-state index contributed by atoms with van der Waals surface area (Å²) in [6.07, 6.45) is 1.16.